The Bertz CT molecular complexity index is 514. The molecule has 5 heteroatoms. The van der Waals surface area contributed by atoms with Crippen LogP contribution in [0.4, 0.5) is 5.69 Å². The number of ketones is 1. The number of hydrogen-bond acceptors (Lipinski definition) is 2. The molecule has 0 saturated heterocycles. The second-order valence-corrected chi connectivity index (χ2v) is 5.71. The summed E-state index contributed by atoms with van der Waals surface area (Å²) in [7, 11) is 0. The van der Waals surface area contributed by atoms with Crippen LogP contribution in [0.25, 0.3) is 0 Å². The molecule has 2 rings (SSSR count). The van der Waals surface area contributed by atoms with Gasteiger partial charge in [-0.2, -0.15) is 0 Å². The van der Waals surface area contributed by atoms with Crippen LogP contribution >= 0.6 is 31.9 Å². The minimum atomic E-state index is 0.0127. The molecule has 0 radical (unpaired) electrons. The summed E-state index contributed by atoms with van der Waals surface area (Å²) in [6.07, 6.45) is 1.91. The molecule has 3 nitrogen and oxygen atoms in total. The van der Waals surface area contributed by atoms with Crippen molar-refractivity contribution >= 4 is 49.2 Å². The molecule has 18 heavy (non-hydrogen) atoms. The number of anilines is 1. The largest absolute Gasteiger partial charge is 0.312 e. The molecule has 0 fully saturated rings. The summed E-state index contributed by atoms with van der Waals surface area (Å²) < 4.78 is 0.802. The van der Waals surface area contributed by atoms with Crippen LogP contribution in [-0.4, -0.2) is 23.6 Å². The van der Waals surface area contributed by atoms with Gasteiger partial charge >= 0.3 is 0 Å². The quantitative estimate of drug-likeness (QED) is 0.588. The van der Waals surface area contributed by atoms with Gasteiger partial charge in [0.05, 0.1) is 5.33 Å². The lowest BCUT2D eigenvalue weighted by atomic mass is 9.98. The molecule has 1 aliphatic heterocycles. The molecule has 1 aromatic rings. The maximum atomic E-state index is 11.8. The summed E-state index contributed by atoms with van der Waals surface area (Å²) in [5.74, 6) is 0.0364. The number of fused-ring (bicyclic) bond motifs is 1. The zero-order valence-corrected chi connectivity index (χ0v) is 13.2. The fourth-order valence-electron chi connectivity index (χ4n) is 2.22. The van der Waals surface area contributed by atoms with Gasteiger partial charge in [0, 0.05) is 29.2 Å². The van der Waals surface area contributed by atoms with Crippen molar-refractivity contribution in [2.75, 3.05) is 16.8 Å². The fourth-order valence-corrected chi connectivity index (χ4v) is 3.13. The lowest BCUT2D eigenvalue weighted by Crippen LogP contribution is -2.33. The predicted molar refractivity (Wildman–Crippen MR) is 78.6 cm³/mol. The highest BCUT2D eigenvalue weighted by molar-refractivity contribution is 9.10. The van der Waals surface area contributed by atoms with E-state index in [1.54, 1.807) is 11.8 Å². The average molecular weight is 375 g/mol. The molecule has 0 saturated carbocycles. The number of aryl methyl sites for hydroxylation is 1. The van der Waals surface area contributed by atoms with E-state index in [0.29, 0.717) is 5.56 Å². The van der Waals surface area contributed by atoms with E-state index in [1.807, 2.05) is 12.1 Å². The van der Waals surface area contributed by atoms with Crippen molar-refractivity contribution < 1.29 is 9.59 Å². The molecule has 0 atom stereocenters. The number of carbonyl (C=O) groups is 2. The average Bonchev–Trinajstić information content (AvgIpc) is 2.36. The van der Waals surface area contributed by atoms with Gasteiger partial charge in [-0.1, -0.05) is 31.9 Å². The standard InChI is InChI=1S/C13H13Br2NO2/c1-8(17)16-4-2-3-9-5-11(15)10(6-12(9)16)13(18)7-14/h5-6H,2-4,7H2,1H3. The lowest BCUT2D eigenvalue weighted by Gasteiger charge is -2.29. The first-order valence-electron chi connectivity index (χ1n) is 5.74. The van der Waals surface area contributed by atoms with Crippen LogP contribution in [0.5, 0.6) is 0 Å². The van der Waals surface area contributed by atoms with Crippen LogP contribution in [0, 0.1) is 0 Å². The monoisotopic (exact) mass is 373 g/mol. The number of carbonyl (C=O) groups excluding carboxylic acids is 2. The predicted octanol–water partition coefficient (Wildman–Crippen LogP) is 3.33. The van der Waals surface area contributed by atoms with Gasteiger partial charge in [0.15, 0.2) is 5.78 Å². The van der Waals surface area contributed by atoms with Crippen molar-refractivity contribution in [2.24, 2.45) is 0 Å². The number of alkyl halides is 1. The van der Waals surface area contributed by atoms with E-state index in [4.69, 9.17) is 0 Å². The Morgan fingerprint density at radius 1 is 1.39 bits per heavy atom. The van der Waals surface area contributed by atoms with E-state index < -0.39 is 0 Å². The van der Waals surface area contributed by atoms with Gasteiger partial charge in [0.2, 0.25) is 5.91 Å². The zero-order valence-electron chi connectivity index (χ0n) is 10.0. The van der Waals surface area contributed by atoms with Gasteiger partial charge < -0.3 is 4.90 Å². The highest BCUT2D eigenvalue weighted by Gasteiger charge is 2.22. The Hall–Kier alpha value is -0.680. The Kier molecular flexibility index (Phi) is 4.22. The number of amides is 1. The smallest absolute Gasteiger partial charge is 0.223 e. The molecule has 1 aromatic carbocycles. The molecule has 1 heterocycles. The van der Waals surface area contributed by atoms with Crippen LogP contribution in [0.1, 0.15) is 29.3 Å². The fraction of sp³-hybridized carbons (Fsp3) is 0.385. The number of rotatable bonds is 2. The summed E-state index contributed by atoms with van der Waals surface area (Å²) in [5.41, 5.74) is 2.62. The summed E-state index contributed by atoms with van der Waals surface area (Å²) in [6.45, 7) is 2.29. The molecule has 96 valence electrons. The van der Waals surface area contributed by atoms with Gasteiger partial charge in [-0.15, -0.1) is 0 Å². The number of hydrogen-bond donors (Lipinski definition) is 0. The minimum absolute atomic E-state index is 0.0127. The number of Topliss-reactive ketones (excluding diaryl/α,β-unsaturated/α-hetero) is 1. The Morgan fingerprint density at radius 3 is 2.72 bits per heavy atom. The van der Waals surface area contributed by atoms with Gasteiger partial charge in [0.25, 0.3) is 0 Å². The molecule has 0 unspecified atom stereocenters. The summed E-state index contributed by atoms with van der Waals surface area (Å²) in [4.78, 5) is 25.2. The SMILES string of the molecule is CC(=O)N1CCCc2cc(Br)c(C(=O)CBr)cc21. The van der Waals surface area contributed by atoms with Crippen molar-refractivity contribution in [1.29, 1.82) is 0 Å². The van der Waals surface area contributed by atoms with E-state index in [0.717, 1.165) is 35.1 Å². The minimum Gasteiger partial charge on any atom is -0.312 e. The van der Waals surface area contributed by atoms with Crippen molar-refractivity contribution in [3.63, 3.8) is 0 Å². The molecule has 1 aliphatic rings. The molecule has 0 N–H and O–H groups in total. The second kappa shape index (κ2) is 5.53. The highest BCUT2D eigenvalue weighted by atomic mass is 79.9. The first kappa shape index (κ1) is 13.7. The highest BCUT2D eigenvalue weighted by Crippen LogP contribution is 2.33. The molecular weight excluding hydrogens is 362 g/mol. The van der Waals surface area contributed by atoms with Crippen LogP contribution in [0.2, 0.25) is 0 Å². The van der Waals surface area contributed by atoms with E-state index in [-0.39, 0.29) is 17.0 Å². The van der Waals surface area contributed by atoms with Crippen LogP contribution in [0.3, 0.4) is 0 Å². The van der Waals surface area contributed by atoms with Crippen molar-refractivity contribution in [3.8, 4) is 0 Å². The summed E-state index contributed by atoms with van der Waals surface area (Å²) in [6, 6.07) is 3.78. The van der Waals surface area contributed by atoms with Gasteiger partial charge in [-0.25, -0.2) is 0 Å². The molecule has 0 aromatic heterocycles. The second-order valence-electron chi connectivity index (χ2n) is 4.29. The molecule has 1 amide bonds. The number of benzene rings is 1. The molecule has 0 spiro atoms. The first-order chi connectivity index (χ1) is 8.54. The first-order valence-corrected chi connectivity index (χ1v) is 7.65. The maximum Gasteiger partial charge on any atom is 0.223 e. The third-order valence-electron chi connectivity index (χ3n) is 3.09. The normalized spacial score (nSPS) is 14.3. The lowest BCUT2D eigenvalue weighted by molar-refractivity contribution is -0.116. The van der Waals surface area contributed by atoms with E-state index in [9.17, 15) is 9.59 Å². The maximum absolute atomic E-state index is 11.8. The Morgan fingerprint density at radius 2 is 2.11 bits per heavy atom. The Balaban J connectivity index is 2.53. The van der Waals surface area contributed by atoms with E-state index >= 15 is 0 Å². The molecule has 0 bridgehead atoms. The number of halogens is 2. The third kappa shape index (κ3) is 2.52. The van der Waals surface area contributed by atoms with Crippen molar-refractivity contribution in [2.45, 2.75) is 19.8 Å². The number of nitrogens with zero attached hydrogens (tertiary/aromatic N) is 1. The van der Waals surface area contributed by atoms with Crippen LogP contribution in [-0.2, 0) is 11.2 Å². The third-order valence-corrected chi connectivity index (χ3v) is 4.25. The van der Waals surface area contributed by atoms with E-state index in [1.165, 1.54) is 0 Å². The van der Waals surface area contributed by atoms with Gasteiger partial charge in [0.1, 0.15) is 0 Å². The van der Waals surface area contributed by atoms with Gasteiger partial charge in [-0.05, 0) is 30.5 Å². The molecular formula is C13H13Br2NO2. The van der Waals surface area contributed by atoms with Crippen molar-refractivity contribution in [1.82, 2.24) is 0 Å². The van der Waals surface area contributed by atoms with Crippen LogP contribution in [0.15, 0.2) is 16.6 Å². The van der Waals surface area contributed by atoms with Crippen LogP contribution < -0.4 is 4.90 Å². The van der Waals surface area contributed by atoms with Gasteiger partial charge in [-0.3, -0.25) is 9.59 Å². The zero-order chi connectivity index (χ0) is 13.3. The molecule has 0 aliphatic carbocycles. The summed E-state index contributed by atoms with van der Waals surface area (Å²) >= 11 is 6.60. The van der Waals surface area contributed by atoms with Crippen molar-refractivity contribution in [3.05, 3.63) is 27.7 Å². The topological polar surface area (TPSA) is 37.4 Å². The van der Waals surface area contributed by atoms with E-state index in [2.05, 4.69) is 31.9 Å². The summed E-state index contributed by atoms with van der Waals surface area (Å²) in [5, 5.41) is 0.282. The Labute approximate surface area is 123 Å².